The first-order chi connectivity index (χ1) is 20.4. The number of anilines is 2. The minimum Gasteiger partial charge on any atom is -0.444 e. The minimum absolute atomic E-state index is 0.238. The minimum atomic E-state index is -3.08. The summed E-state index contributed by atoms with van der Waals surface area (Å²) in [6.07, 6.45) is 14.9. The van der Waals surface area contributed by atoms with Crippen LogP contribution < -0.4 is 9.80 Å². The standard InChI is InChI=1S/C17H28N4O2.C13H22N4O2S/c1-5-6-7-14-12-19-15(13-18-14)20-8-10-21(11-9-20)16(22)23-17(2,3)4;1-3-4-5-12-10-15-13(11-14-12)16-6-8-17(9-7-16)20(2,18)19/h12-13H,5-11H2,1-4H3;10-11H,3-9H2,1-2H3. The lowest BCUT2D eigenvalue weighted by atomic mass is 10.2. The molecule has 4 rings (SSSR count). The van der Waals surface area contributed by atoms with Crippen LogP contribution in [0.1, 0.15) is 71.7 Å². The molecule has 0 saturated carbocycles. The first-order valence-electron chi connectivity index (χ1n) is 15.4. The van der Waals surface area contributed by atoms with Gasteiger partial charge in [0, 0.05) is 52.4 Å². The van der Waals surface area contributed by atoms with Gasteiger partial charge in [0.1, 0.15) is 17.2 Å². The van der Waals surface area contributed by atoms with Crippen molar-refractivity contribution in [3.8, 4) is 0 Å². The molecule has 2 aromatic rings. The molecule has 2 saturated heterocycles. The lowest BCUT2D eigenvalue weighted by molar-refractivity contribution is 0.0240. The quantitative estimate of drug-likeness (QED) is 0.410. The third kappa shape index (κ3) is 11.5. The molecule has 0 N–H and O–H groups in total. The molecule has 43 heavy (non-hydrogen) atoms. The lowest BCUT2D eigenvalue weighted by Gasteiger charge is -2.36. The van der Waals surface area contributed by atoms with E-state index in [0.717, 1.165) is 74.6 Å². The third-order valence-electron chi connectivity index (χ3n) is 7.24. The van der Waals surface area contributed by atoms with E-state index in [1.165, 1.54) is 10.6 Å². The SMILES string of the molecule is CCCCc1cnc(N2CCN(C(=O)OC(C)(C)C)CC2)cn1.CCCCc1cnc(N2CCN(S(C)(=O)=O)CC2)cn1. The fourth-order valence-corrected chi connectivity index (χ4v) is 5.52. The summed E-state index contributed by atoms with van der Waals surface area (Å²) in [5, 5.41) is 0. The highest BCUT2D eigenvalue weighted by Gasteiger charge is 2.27. The van der Waals surface area contributed by atoms with Crippen molar-refractivity contribution in [2.24, 2.45) is 0 Å². The van der Waals surface area contributed by atoms with Gasteiger partial charge in [0.2, 0.25) is 10.0 Å². The average molecular weight is 619 g/mol. The number of ether oxygens (including phenoxy) is 1. The number of hydrogen-bond acceptors (Lipinski definition) is 10. The molecule has 240 valence electrons. The smallest absolute Gasteiger partial charge is 0.410 e. The molecule has 0 aliphatic carbocycles. The molecule has 0 radical (unpaired) electrons. The number of sulfonamides is 1. The van der Waals surface area contributed by atoms with Gasteiger partial charge in [0.25, 0.3) is 0 Å². The first kappa shape index (κ1) is 34.4. The Bertz CT molecular complexity index is 1220. The van der Waals surface area contributed by atoms with Crippen LogP contribution >= 0.6 is 0 Å². The van der Waals surface area contributed by atoms with Gasteiger partial charge in [-0.1, -0.05) is 26.7 Å². The number of aryl methyl sites for hydroxylation is 2. The summed E-state index contributed by atoms with van der Waals surface area (Å²) in [4.78, 5) is 35.9. The number of aromatic nitrogens is 4. The predicted octanol–water partition coefficient (Wildman–Crippen LogP) is 3.78. The number of unbranched alkanes of at least 4 members (excludes halogenated alkanes) is 2. The number of carbonyl (C=O) groups is 1. The second-order valence-corrected chi connectivity index (χ2v) is 14.0. The Kier molecular flexibility index (Phi) is 12.9. The molecule has 0 aromatic carbocycles. The van der Waals surface area contributed by atoms with Crippen LogP contribution in [0, 0.1) is 0 Å². The van der Waals surface area contributed by atoms with Crippen LogP contribution in [0.25, 0.3) is 0 Å². The first-order valence-corrected chi connectivity index (χ1v) is 17.3. The molecular formula is C30H50N8O4S. The second kappa shape index (κ2) is 16.1. The maximum atomic E-state index is 12.1. The van der Waals surface area contributed by atoms with Gasteiger partial charge in [-0.3, -0.25) is 9.97 Å². The number of carbonyl (C=O) groups excluding carboxylic acids is 1. The van der Waals surface area contributed by atoms with E-state index >= 15 is 0 Å². The van der Waals surface area contributed by atoms with Crippen molar-refractivity contribution >= 4 is 27.8 Å². The zero-order chi connectivity index (χ0) is 31.5. The van der Waals surface area contributed by atoms with Crippen molar-refractivity contribution in [1.82, 2.24) is 29.1 Å². The lowest BCUT2D eigenvalue weighted by Crippen LogP contribution is -2.50. The molecule has 2 aliphatic heterocycles. The molecule has 1 amide bonds. The number of hydrogen-bond donors (Lipinski definition) is 0. The highest BCUT2D eigenvalue weighted by atomic mass is 32.2. The fourth-order valence-electron chi connectivity index (χ4n) is 4.69. The average Bonchev–Trinajstić information content (AvgIpc) is 2.99. The van der Waals surface area contributed by atoms with Crippen LogP contribution in [0.5, 0.6) is 0 Å². The molecule has 0 atom stereocenters. The topological polar surface area (TPSA) is 125 Å². The highest BCUT2D eigenvalue weighted by molar-refractivity contribution is 7.88. The normalized spacial score (nSPS) is 16.5. The van der Waals surface area contributed by atoms with Crippen molar-refractivity contribution in [2.75, 3.05) is 68.4 Å². The molecule has 0 bridgehead atoms. The molecule has 12 nitrogen and oxygen atoms in total. The van der Waals surface area contributed by atoms with E-state index in [0.29, 0.717) is 39.3 Å². The van der Waals surface area contributed by atoms with Crippen LogP contribution in [0.3, 0.4) is 0 Å². The zero-order valence-corrected chi connectivity index (χ0v) is 27.6. The van der Waals surface area contributed by atoms with Crippen LogP contribution in [0.15, 0.2) is 24.8 Å². The summed E-state index contributed by atoms with van der Waals surface area (Å²) in [5.41, 5.74) is 1.61. The highest BCUT2D eigenvalue weighted by Crippen LogP contribution is 2.17. The van der Waals surface area contributed by atoms with E-state index in [-0.39, 0.29) is 6.09 Å². The fraction of sp³-hybridized carbons (Fsp3) is 0.700. The van der Waals surface area contributed by atoms with Gasteiger partial charge in [-0.05, 0) is 46.5 Å². The van der Waals surface area contributed by atoms with Crippen LogP contribution in [0.4, 0.5) is 16.4 Å². The summed E-state index contributed by atoms with van der Waals surface area (Å²) in [6, 6.07) is 0. The van der Waals surface area contributed by atoms with Gasteiger partial charge in [-0.2, -0.15) is 4.31 Å². The summed E-state index contributed by atoms with van der Waals surface area (Å²) in [6.45, 7) is 15.1. The van der Waals surface area contributed by atoms with Crippen molar-refractivity contribution in [3.05, 3.63) is 36.2 Å². The maximum Gasteiger partial charge on any atom is 0.410 e. The monoisotopic (exact) mass is 618 g/mol. The summed E-state index contributed by atoms with van der Waals surface area (Å²) >= 11 is 0. The van der Waals surface area contributed by atoms with Crippen LogP contribution in [-0.4, -0.2) is 108 Å². The second-order valence-electron chi connectivity index (χ2n) is 12.0. The van der Waals surface area contributed by atoms with Gasteiger partial charge in [0.05, 0.1) is 42.4 Å². The zero-order valence-electron chi connectivity index (χ0n) is 26.8. The maximum absolute atomic E-state index is 12.1. The molecule has 2 fully saturated rings. The van der Waals surface area contributed by atoms with E-state index in [4.69, 9.17) is 4.74 Å². The summed E-state index contributed by atoms with van der Waals surface area (Å²) in [7, 11) is -3.08. The molecule has 13 heteroatoms. The molecule has 0 spiro atoms. The Morgan fingerprint density at radius 3 is 1.53 bits per heavy atom. The Hall–Kier alpha value is -3.06. The van der Waals surface area contributed by atoms with E-state index in [2.05, 4.69) is 43.6 Å². The molecule has 2 aromatic heterocycles. The summed E-state index contributed by atoms with van der Waals surface area (Å²) < 4.78 is 29.8. The Labute approximate surface area is 257 Å². The van der Waals surface area contributed by atoms with Gasteiger partial charge in [-0.15, -0.1) is 0 Å². The van der Waals surface area contributed by atoms with Crippen molar-refractivity contribution in [2.45, 2.75) is 78.7 Å². The van der Waals surface area contributed by atoms with E-state index < -0.39 is 15.6 Å². The Morgan fingerprint density at radius 1 is 0.744 bits per heavy atom. The number of amides is 1. The number of nitrogens with zero attached hydrogens (tertiary/aromatic N) is 8. The molecule has 2 aliphatic rings. The summed E-state index contributed by atoms with van der Waals surface area (Å²) in [5.74, 6) is 1.72. The Balaban J connectivity index is 0.000000238. The number of piperazine rings is 2. The van der Waals surface area contributed by atoms with Crippen molar-refractivity contribution in [3.63, 3.8) is 0 Å². The molecule has 0 unspecified atom stereocenters. The van der Waals surface area contributed by atoms with E-state index in [9.17, 15) is 13.2 Å². The molecular weight excluding hydrogens is 568 g/mol. The van der Waals surface area contributed by atoms with Crippen molar-refractivity contribution < 1.29 is 17.9 Å². The van der Waals surface area contributed by atoms with Gasteiger partial charge >= 0.3 is 6.09 Å². The number of rotatable bonds is 9. The predicted molar refractivity (Wildman–Crippen MR) is 170 cm³/mol. The van der Waals surface area contributed by atoms with Crippen LogP contribution in [-0.2, 0) is 27.6 Å². The largest absolute Gasteiger partial charge is 0.444 e. The van der Waals surface area contributed by atoms with Gasteiger partial charge in [-0.25, -0.2) is 23.2 Å². The van der Waals surface area contributed by atoms with E-state index in [1.807, 2.05) is 39.4 Å². The molecule has 4 heterocycles. The Morgan fingerprint density at radius 2 is 1.19 bits per heavy atom. The van der Waals surface area contributed by atoms with Crippen molar-refractivity contribution in [1.29, 1.82) is 0 Å². The van der Waals surface area contributed by atoms with E-state index in [1.54, 1.807) is 11.1 Å². The van der Waals surface area contributed by atoms with Gasteiger partial charge < -0.3 is 19.4 Å². The third-order valence-corrected chi connectivity index (χ3v) is 8.55. The van der Waals surface area contributed by atoms with Gasteiger partial charge in [0.15, 0.2) is 0 Å². The van der Waals surface area contributed by atoms with Crippen LogP contribution in [0.2, 0.25) is 0 Å².